The van der Waals surface area contributed by atoms with Gasteiger partial charge in [-0.25, -0.2) is 0 Å². The number of methoxy groups -OCH3 is 1. The van der Waals surface area contributed by atoms with Crippen LogP contribution >= 0.6 is 11.3 Å². The molecule has 0 aliphatic rings. The molecule has 1 amide bonds. The highest BCUT2D eigenvalue weighted by molar-refractivity contribution is 7.07. The van der Waals surface area contributed by atoms with Crippen LogP contribution in [0.5, 0.6) is 0 Å². The molecule has 1 rings (SSSR count). The van der Waals surface area contributed by atoms with Crippen molar-refractivity contribution in [2.45, 2.75) is 12.7 Å². The molecule has 96 valence electrons. The molecule has 7 heteroatoms. The Balaban J connectivity index is 2.68. The zero-order chi connectivity index (χ0) is 12.9. The summed E-state index contributed by atoms with van der Waals surface area (Å²) in [6, 6.07) is 1.69. The first-order valence-electron chi connectivity index (χ1n) is 4.77. The number of amides is 1. The summed E-state index contributed by atoms with van der Waals surface area (Å²) in [4.78, 5) is 12.2. The zero-order valence-corrected chi connectivity index (χ0v) is 9.98. The summed E-state index contributed by atoms with van der Waals surface area (Å²) in [6.07, 6.45) is -4.40. The summed E-state index contributed by atoms with van der Waals surface area (Å²) >= 11 is 1.37. The van der Waals surface area contributed by atoms with Crippen LogP contribution in [-0.4, -0.2) is 37.2 Å². The van der Waals surface area contributed by atoms with E-state index in [1.807, 2.05) is 0 Å². The van der Waals surface area contributed by atoms with E-state index in [0.29, 0.717) is 5.56 Å². The first kappa shape index (κ1) is 14.0. The normalized spacial score (nSPS) is 11.5. The molecule has 0 bridgehead atoms. The van der Waals surface area contributed by atoms with Gasteiger partial charge in [0, 0.05) is 13.7 Å². The molecule has 1 heterocycles. The van der Waals surface area contributed by atoms with Gasteiger partial charge in [-0.15, -0.1) is 0 Å². The van der Waals surface area contributed by atoms with Crippen LogP contribution < -0.4 is 0 Å². The Labute approximate surface area is 101 Å². The number of carbonyl (C=O) groups excluding carboxylic acids is 1. The average Bonchev–Trinajstić information content (AvgIpc) is 2.67. The Bertz CT molecular complexity index is 351. The molecule has 0 atom stereocenters. The largest absolute Gasteiger partial charge is 0.406 e. The highest BCUT2D eigenvalue weighted by Gasteiger charge is 2.32. The fourth-order valence-electron chi connectivity index (χ4n) is 1.27. The zero-order valence-electron chi connectivity index (χ0n) is 9.16. The second kappa shape index (κ2) is 6.02. The van der Waals surface area contributed by atoms with Crippen LogP contribution in [0.3, 0.4) is 0 Å². The highest BCUT2D eigenvalue weighted by atomic mass is 32.1. The number of halogens is 3. The Hall–Kier alpha value is -1.08. The van der Waals surface area contributed by atoms with Crippen LogP contribution in [0, 0.1) is 0 Å². The lowest BCUT2D eigenvalue weighted by Gasteiger charge is -2.23. The van der Waals surface area contributed by atoms with Gasteiger partial charge in [0.05, 0.1) is 0 Å². The van der Waals surface area contributed by atoms with Crippen molar-refractivity contribution in [2.24, 2.45) is 0 Å². The van der Waals surface area contributed by atoms with E-state index < -0.39 is 18.6 Å². The van der Waals surface area contributed by atoms with Crippen molar-refractivity contribution >= 4 is 17.2 Å². The number of ether oxygens (including phenoxy) is 1. The molecule has 1 aromatic heterocycles. The van der Waals surface area contributed by atoms with Crippen molar-refractivity contribution < 1.29 is 22.7 Å². The first-order valence-corrected chi connectivity index (χ1v) is 5.71. The molecule has 0 spiro atoms. The van der Waals surface area contributed by atoms with Gasteiger partial charge in [-0.1, -0.05) is 0 Å². The Kier molecular flexibility index (Phi) is 4.95. The third kappa shape index (κ3) is 5.18. The lowest BCUT2D eigenvalue weighted by atomic mass is 10.3. The van der Waals surface area contributed by atoms with Gasteiger partial charge in [-0.05, 0) is 22.4 Å². The predicted octanol–water partition coefficient (Wildman–Crippen LogP) is 2.29. The number of rotatable bonds is 5. The van der Waals surface area contributed by atoms with E-state index in [9.17, 15) is 18.0 Å². The third-order valence-electron chi connectivity index (χ3n) is 1.94. The summed E-state index contributed by atoms with van der Waals surface area (Å²) in [6.45, 7) is -1.66. The number of alkyl halides is 3. The lowest BCUT2D eigenvalue weighted by molar-refractivity contribution is -0.164. The van der Waals surface area contributed by atoms with E-state index in [-0.39, 0.29) is 13.2 Å². The molecule has 0 aliphatic heterocycles. The van der Waals surface area contributed by atoms with Gasteiger partial charge in [-0.3, -0.25) is 4.79 Å². The maximum Gasteiger partial charge on any atom is 0.406 e. The molecule has 0 fully saturated rings. The standard InChI is InChI=1S/C10H12F3NO2S/c1-16-5-9(15)14(7-10(11,12)13)4-8-2-3-17-6-8/h2-3,6H,4-5,7H2,1H3. The monoisotopic (exact) mass is 267 g/mol. The molecule has 3 nitrogen and oxygen atoms in total. The van der Waals surface area contributed by atoms with Crippen LogP contribution in [0.25, 0.3) is 0 Å². The predicted molar refractivity (Wildman–Crippen MR) is 57.7 cm³/mol. The Morgan fingerprint density at radius 3 is 2.71 bits per heavy atom. The number of hydrogen-bond donors (Lipinski definition) is 0. The molecular formula is C10H12F3NO2S. The lowest BCUT2D eigenvalue weighted by Crippen LogP contribution is -2.40. The van der Waals surface area contributed by atoms with E-state index in [0.717, 1.165) is 4.90 Å². The Morgan fingerprint density at radius 1 is 1.53 bits per heavy atom. The van der Waals surface area contributed by atoms with E-state index in [4.69, 9.17) is 0 Å². The van der Waals surface area contributed by atoms with Crippen molar-refractivity contribution in [3.63, 3.8) is 0 Å². The Morgan fingerprint density at radius 2 is 2.24 bits per heavy atom. The molecule has 0 radical (unpaired) electrons. The van der Waals surface area contributed by atoms with E-state index in [2.05, 4.69) is 4.74 Å². The van der Waals surface area contributed by atoms with Crippen molar-refractivity contribution in [1.29, 1.82) is 0 Å². The molecule has 0 N–H and O–H groups in total. The fraction of sp³-hybridized carbons (Fsp3) is 0.500. The summed E-state index contributed by atoms with van der Waals surface area (Å²) in [5.74, 6) is -0.670. The van der Waals surface area contributed by atoms with Crippen molar-refractivity contribution in [3.8, 4) is 0 Å². The smallest absolute Gasteiger partial charge is 0.375 e. The number of hydrogen-bond acceptors (Lipinski definition) is 3. The van der Waals surface area contributed by atoms with Crippen LogP contribution in [0.15, 0.2) is 16.8 Å². The molecule has 17 heavy (non-hydrogen) atoms. The number of nitrogens with zero attached hydrogens (tertiary/aromatic N) is 1. The summed E-state index contributed by atoms with van der Waals surface area (Å²) in [7, 11) is 1.27. The minimum absolute atomic E-state index is 0.0504. The first-order chi connectivity index (χ1) is 7.92. The third-order valence-corrected chi connectivity index (χ3v) is 2.68. The molecule has 0 unspecified atom stereocenters. The maximum atomic E-state index is 12.3. The van der Waals surface area contributed by atoms with Crippen molar-refractivity contribution in [2.75, 3.05) is 20.3 Å². The quantitative estimate of drug-likeness (QED) is 0.819. The van der Waals surface area contributed by atoms with Crippen LogP contribution in [-0.2, 0) is 16.1 Å². The molecule has 0 saturated heterocycles. The maximum absolute atomic E-state index is 12.3. The van der Waals surface area contributed by atoms with Crippen molar-refractivity contribution in [3.05, 3.63) is 22.4 Å². The minimum atomic E-state index is -4.40. The second-order valence-corrected chi connectivity index (χ2v) is 4.21. The minimum Gasteiger partial charge on any atom is -0.375 e. The van der Waals surface area contributed by atoms with Crippen LogP contribution in [0.4, 0.5) is 13.2 Å². The van der Waals surface area contributed by atoms with Crippen LogP contribution in [0.2, 0.25) is 0 Å². The molecule has 0 aliphatic carbocycles. The van der Waals surface area contributed by atoms with Gasteiger partial charge in [0.25, 0.3) is 0 Å². The van der Waals surface area contributed by atoms with Crippen molar-refractivity contribution in [1.82, 2.24) is 4.90 Å². The van der Waals surface area contributed by atoms with Gasteiger partial charge in [0.2, 0.25) is 5.91 Å². The number of thiophene rings is 1. The average molecular weight is 267 g/mol. The molecule has 1 aromatic rings. The van der Waals surface area contributed by atoms with Crippen LogP contribution in [0.1, 0.15) is 5.56 Å². The number of carbonyl (C=O) groups is 1. The molecular weight excluding hydrogens is 255 g/mol. The van der Waals surface area contributed by atoms with Gasteiger partial charge in [-0.2, -0.15) is 24.5 Å². The SMILES string of the molecule is COCC(=O)N(Cc1ccsc1)CC(F)(F)F. The van der Waals surface area contributed by atoms with E-state index >= 15 is 0 Å². The van der Waals surface area contributed by atoms with Gasteiger partial charge in [0.1, 0.15) is 13.2 Å². The summed E-state index contributed by atoms with van der Waals surface area (Å²) in [5.41, 5.74) is 0.684. The van der Waals surface area contributed by atoms with Gasteiger partial charge in [0.15, 0.2) is 0 Å². The molecule has 0 saturated carbocycles. The second-order valence-electron chi connectivity index (χ2n) is 3.43. The summed E-state index contributed by atoms with van der Waals surface area (Å²) in [5, 5.41) is 3.46. The summed E-state index contributed by atoms with van der Waals surface area (Å²) < 4.78 is 41.5. The van der Waals surface area contributed by atoms with E-state index in [1.165, 1.54) is 18.4 Å². The molecule has 0 aromatic carbocycles. The highest BCUT2D eigenvalue weighted by Crippen LogP contribution is 2.19. The van der Waals surface area contributed by atoms with Gasteiger partial charge >= 0.3 is 6.18 Å². The topological polar surface area (TPSA) is 29.5 Å². The fourth-order valence-corrected chi connectivity index (χ4v) is 1.93. The van der Waals surface area contributed by atoms with E-state index in [1.54, 1.807) is 16.8 Å². The van der Waals surface area contributed by atoms with Gasteiger partial charge < -0.3 is 9.64 Å².